The van der Waals surface area contributed by atoms with Crippen LogP contribution in [-0.4, -0.2) is 28.9 Å². The van der Waals surface area contributed by atoms with Crippen LogP contribution < -0.4 is 5.32 Å². The Balaban J connectivity index is 2.77. The molecule has 1 amide bonds. The second-order valence-electron chi connectivity index (χ2n) is 3.10. The largest absolute Gasteiger partial charge is 0.390 e. The van der Waals surface area contributed by atoms with Crippen LogP contribution in [0.3, 0.4) is 0 Å². The van der Waals surface area contributed by atoms with E-state index in [0.29, 0.717) is 6.42 Å². The number of rotatable bonds is 2. The zero-order chi connectivity index (χ0) is 9.30. The smallest absolute Gasteiger partial charge is 0.233 e. The van der Waals surface area contributed by atoms with Gasteiger partial charge in [-0.05, 0) is 13.3 Å². The van der Waals surface area contributed by atoms with Crippen molar-refractivity contribution in [2.45, 2.75) is 32.4 Å². The van der Waals surface area contributed by atoms with Gasteiger partial charge in [0.2, 0.25) is 5.91 Å². The molecule has 0 radical (unpaired) electrons. The van der Waals surface area contributed by atoms with Gasteiger partial charge in [0.25, 0.3) is 0 Å². The van der Waals surface area contributed by atoms with Crippen molar-refractivity contribution in [1.29, 1.82) is 0 Å². The van der Waals surface area contributed by atoms with E-state index in [4.69, 9.17) is 0 Å². The van der Waals surface area contributed by atoms with Crippen LogP contribution in [0, 0.1) is 5.92 Å². The molecule has 3 atom stereocenters. The van der Waals surface area contributed by atoms with Crippen LogP contribution in [0.2, 0.25) is 0 Å². The maximum Gasteiger partial charge on any atom is 0.233 e. The Kier molecular flexibility index (Phi) is 2.47. The molecule has 1 aliphatic rings. The molecule has 0 aromatic rings. The summed E-state index contributed by atoms with van der Waals surface area (Å²) in [6.07, 6.45) is -0.198. The number of hydrogen-bond acceptors (Lipinski definition) is 3. The van der Waals surface area contributed by atoms with Gasteiger partial charge >= 0.3 is 0 Å². The molecule has 4 nitrogen and oxygen atoms in total. The highest BCUT2D eigenvalue weighted by atomic mass is 16.3. The summed E-state index contributed by atoms with van der Waals surface area (Å²) in [5.41, 5.74) is 0. The van der Waals surface area contributed by atoms with E-state index in [1.165, 1.54) is 6.92 Å². The SMILES string of the molecule is CCC1NC(=O)C(C(C)=O)C1O. The van der Waals surface area contributed by atoms with Gasteiger partial charge in [-0.25, -0.2) is 0 Å². The van der Waals surface area contributed by atoms with Gasteiger partial charge < -0.3 is 10.4 Å². The molecule has 3 unspecified atom stereocenters. The number of ketones is 1. The van der Waals surface area contributed by atoms with E-state index in [1.807, 2.05) is 6.92 Å². The summed E-state index contributed by atoms with van der Waals surface area (Å²) in [6, 6.07) is -0.258. The van der Waals surface area contributed by atoms with Gasteiger partial charge in [0, 0.05) is 0 Å². The third kappa shape index (κ3) is 1.34. The van der Waals surface area contributed by atoms with Crippen LogP contribution in [0.25, 0.3) is 0 Å². The van der Waals surface area contributed by atoms with Gasteiger partial charge in [0.15, 0.2) is 0 Å². The fourth-order valence-electron chi connectivity index (χ4n) is 1.51. The molecule has 0 saturated carbocycles. The number of nitrogens with one attached hydrogen (secondary N) is 1. The van der Waals surface area contributed by atoms with Crippen molar-refractivity contribution in [2.24, 2.45) is 5.92 Å². The van der Waals surface area contributed by atoms with E-state index in [-0.39, 0.29) is 17.7 Å². The highest BCUT2D eigenvalue weighted by Crippen LogP contribution is 2.19. The molecule has 1 saturated heterocycles. The second-order valence-corrected chi connectivity index (χ2v) is 3.10. The summed E-state index contributed by atoms with van der Waals surface area (Å²) in [5.74, 6) is -1.47. The van der Waals surface area contributed by atoms with E-state index in [2.05, 4.69) is 5.32 Å². The molecular weight excluding hydrogens is 158 g/mol. The molecule has 1 heterocycles. The summed E-state index contributed by atoms with van der Waals surface area (Å²) in [5, 5.41) is 12.1. The van der Waals surface area contributed by atoms with Crippen LogP contribution in [0.15, 0.2) is 0 Å². The lowest BCUT2D eigenvalue weighted by Crippen LogP contribution is -2.32. The third-order valence-corrected chi connectivity index (χ3v) is 2.24. The Labute approximate surface area is 71.0 Å². The highest BCUT2D eigenvalue weighted by Gasteiger charge is 2.42. The Hall–Kier alpha value is -0.900. The van der Waals surface area contributed by atoms with Crippen LogP contribution in [-0.2, 0) is 9.59 Å². The van der Waals surface area contributed by atoms with E-state index in [9.17, 15) is 14.7 Å². The Morgan fingerprint density at radius 3 is 2.50 bits per heavy atom. The molecule has 0 spiro atoms. The summed E-state index contributed by atoms with van der Waals surface area (Å²) < 4.78 is 0. The highest BCUT2D eigenvalue weighted by molar-refractivity contribution is 6.02. The van der Waals surface area contributed by atoms with Crippen molar-refractivity contribution >= 4 is 11.7 Å². The van der Waals surface area contributed by atoms with Gasteiger partial charge in [0.05, 0.1) is 12.1 Å². The lowest BCUT2D eigenvalue weighted by atomic mass is 9.97. The molecule has 0 aliphatic carbocycles. The predicted molar refractivity (Wildman–Crippen MR) is 42.4 cm³/mol. The van der Waals surface area contributed by atoms with Gasteiger partial charge in [-0.15, -0.1) is 0 Å². The van der Waals surface area contributed by atoms with Crippen molar-refractivity contribution < 1.29 is 14.7 Å². The van der Waals surface area contributed by atoms with E-state index in [1.54, 1.807) is 0 Å². The monoisotopic (exact) mass is 171 g/mol. The number of Topliss-reactive ketones (excluding diaryl/α,β-unsaturated/α-hetero) is 1. The standard InChI is InChI=1S/C8H13NO3/c1-3-5-7(11)6(4(2)10)8(12)9-5/h5-7,11H,3H2,1-2H3,(H,9,12). The van der Waals surface area contributed by atoms with E-state index >= 15 is 0 Å². The molecule has 1 rings (SSSR count). The van der Waals surface area contributed by atoms with Crippen LogP contribution in [0.4, 0.5) is 0 Å². The first-order valence-electron chi connectivity index (χ1n) is 4.06. The van der Waals surface area contributed by atoms with E-state index < -0.39 is 12.0 Å². The normalized spacial score (nSPS) is 34.9. The molecule has 0 aromatic heterocycles. The number of hydrogen-bond donors (Lipinski definition) is 2. The minimum Gasteiger partial charge on any atom is -0.390 e. The minimum absolute atomic E-state index is 0.258. The van der Waals surface area contributed by atoms with Gasteiger partial charge in [-0.3, -0.25) is 9.59 Å². The average molecular weight is 171 g/mol. The van der Waals surface area contributed by atoms with Crippen molar-refractivity contribution in [3.63, 3.8) is 0 Å². The summed E-state index contributed by atoms with van der Waals surface area (Å²) in [7, 11) is 0. The van der Waals surface area contributed by atoms with E-state index in [0.717, 1.165) is 0 Å². The topological polar surface area (TPSA) is 66.4 Å². The molecule has 1 aliphatic heterocycles. The zero-order valence-corrected chi connectivity index (χ0v) is 7.20. The quantitative estimate of drug-likeness (QED) is 0.548. The molecule has 12 heavy (non-hydrogen) atoms. The second kappa shape index (κ2) is 3.23. The lowest BCUT2D eigenvalue weighted by Gasteiger charge is -2.12. The fourth-order valence-corrected chi connectivity index (χ4v) is 1.51. The number of amides is 1. The average Bonchev–Trinajstić information content (AvgIpc) is 2.25. The van der Waals surface area contributed by atoms with Gasteiger partial charge in [-0.2, -0.15) is 0 Å². The van der Waals surface area contributed by atoms with Gasteiger partial charge in [-0.1, -0.05) is 6.92 Å². The first-order chi connectivity index (χ1) is 5.57. The molecule has 0 bridgehead atoms. The Morgan fingerprint density at radius 1 is 1.67 bits per heavy atom. The fraction of sp³-hybridized carbons (Fsp3) is 0.750. The molecular formula is C8H13NO3. The number of aliphatic hydroxyl groups is 1. The Bertz CT molecular complexity index is 214. The third-order valence-electron chi connectivity index (χ3n) is 2.24. The van der Waals surface area contributed by atoms with Crippen LogP contribution >= 0.6 is 0 Å². The van der Waals surface area contributed by atoms with Gasteiger partial charge in [0.1, 0.15) is 11.7 Å². The van der Waals surface area contributed by atoms with Crippen molar-refractivity contribution in [1.82, 2.24) is 5.32 Å². The van der Waals surface area contributed by atoms with Crippen LogP contribution in [0.5, 0.6) is 0 Å². The number of carbonyl (C=O) groups excluding carboxylic acids is 2. The number of aliphatic hydroxyl groups excluding tert-OH is 1. The lowest BCUT2D eigenvalue weighted by molar-refractivity contribution is -0.132. The van der Waals surface area contributed by atoms with Crippen LogP contribution in [0.1, 0.15) is 20.3 Å². The zero-order valence-electron chi connectivity index (χ0n) is 7.20. The maximum absolute atomic E-state index is 11.1. The maximum atomic E-state index is 11.1. The molecule has 2 N–H and O–H groups in total. The summed E-state index contributed by atoms with van der Waals surface area (Å²) in [4.78, 5) is 22.0. The summed E-state index contributed by atoms with van der Waals surface area (Å²) >= 11 is 0. The van der Waals surface area contributed by atoms with Crippen molar-refractivity contribution in [3.05, 3.63) is 0 Å². The molecule has 1 fully saturated rings. The number of carbonyl (C=O) groups is 2. The minimum atomic E-state index is -0.852. The Morgan fingerprint density at radius 2 is 2.25 bits per heavy atom. The summed E-state index contributed by atoms with van der Waals surface area (Å²) in [6.45, 7) is 3.18. The van der Waals surface area contributed by atoms with Crippen molar-refractivity contribution in [2.75, 3.05) is 0 Å². The molecule has 4 heteroatoms. The first kappa shape index (κ1) is 9.19. The molecule has 0 aromatic carbocycles. The first-order valence-corrected chi connectivity index (χ1v) is 4.06. The molecule has 68 valence electrons. The predicted octanol–water partition coefficient (Wildman–Crippen LogP) is -0.539. The van der Waals surface area contributed by atoms with Crippen molar-refractivity contribution in [3.8, 4) is 0 Å².